The quantitative estimate of drug-likeness (QED) is 0.910. The molecule has 2 aromatic rings. The van der Waals surface area contributed by atoms with Gasteiger partial charge in [-0.25, -0.2) is 9.97 Å². The molecule has 0 aliphatic carbocycles. The van der Waals surface area contributed by atoms with Crippen LogP contribution in [0.15, 0.2) is 36.9 Å². The van der Waals surface area contributed by atoms with Crippen molar-refractivity contribution in [1.29, 1.82) is 0 Å². The second-order valence-corrected chi connectivity index (χ2v) is 4.18. The van der Waals surface area contributed by atoms with E-state index in [2.05, 4.69) is 25.0 Å². The molecule has 2 rings (SSSR count). The van der Waals surface area contributed by atoms with Gasteiger partial charge >= 0.3 is 6.18 Å². The first kappa shape index (κ1) is 15.7. The minimum Gasteiger partial charge on any atom is -0.468 e. The summed E-state index contributed by atoms with van der Waals surface area (Å²) in [6, 6.07) is 2.88. The molecule has 1 N–H and O–H groups in total. The van der Waals surface area contributed by atoms with Crippen LogP contribution < -0.4 is 10.1 Å². The van der Waals surface area contributed by atoms with Gasteiger partial charge in [-0.3, -0.25) is 9.78 Å². The van der Waals surface area contributed by atoms with Gasteiger partial charge in [-0.1, -0.05) is 0 Å². The van der Waals surface area contributed by atoms with Crippen molar-refractivity contribution >= 4 is 5.91 Å². The summed E-state index contributed by atoms with van der Waals surface area (Å²) < 4.78 is 40.7. The van der Waals surface area contributed by atoms with Gasteiger partial charge in [0.05, 0.1) is 6.20 Å². The molecule has 0 unspecified atom stereocenters. The number of halogens is 3. The number of alkyl halides is 3. The number of rotatable bonds is 5. The minimum absolute atomic E-state index is 0.0975. The summed E-state index contributed by atoms with van der Waals surface area (Å²) >= 11 is 0. The summed E-state index contributed by atoms with van der Waals surface area (Å²) in [5.41, 5.74) is 0.689. The summed E-state index contributed by atoms with van der Waals surface area (Å²) in [4.78, 5) is 23.0. The number of nitrogens with one attached hydrogen (secondary N) is 1. The van der Waals surface area contributed by atoms with E-state index in [4.69, 9.17) is 0 Å². The Morgan fingerprint density at radius 1 is 1.23 bits per heavy atom. The molecule has 22 heavy (non-hydrogen) atoms. The number of carbonyl (C=O) groups is 1. The minimum atomic E-state index is -4.43. The Balaban J connectivity index is 1.92. The first-order valence-corrected chi connectivity index (χ1v) is 6.13. The van der Waals surface area contributed by atoms with Crippen LogP contribution in [0, 0.1) is 0 Å². The zero-order chi connectivity index (χ0) is 16.0. The second kappa shape index (κ2) is 6.83. The lowest BCUT2D eigenvalue weighted by molar-refractivity contribution is -0.154. The number of hydrogen-bond donors (Lipinski definition) is 1. The highest BCUT2D eigenvalue weighted by molar-refractivity contribution is 5.91. The Kier molecular flexibility index (Phi) is 4.87. The first-order chi connectivity index (χ1) is 10.4. The van der Waals surface area contributed by atoms with Crippen LogP contribution in [0.1, 0.15) is 16.1 Å². The average molecular weight is 312 g/mol. The van der Waals surface area contributed by atoms with Crippen molar-refractivity contribution in [2.24, 2.45) is 0 Å². The Labute approximate surface area is 123 Å². The van der Waals surface area contributed by atoms with Gasteiger partial charge in [-0.05, 0) is 11.6 Å². The Morgan fingerprint density at radius 2 is 2.05 bits per heavy atom. The maximum absolute atomic E-state index is 12.1. The zero-order valence-corrected chi connectivity index (χ0v) is 11.2. The molecule has 2 aromatic heterocycles. The zero-order valence-electron chi connectivity index (χ0n) is 11.2. The van der Waals surface area contributed by atoms with Crippen LogP contribution in [0.5, 0.6) is 5.88 Å². The molecule has 2 heterocycles. The SMILES string of the molecule is O=C(NCc1ccnc(OCC(F)(F)F)c1)c1cnccn1. The summed E-state index contributed by atoms with van der Waals surface area (Å²) in [5, 5.41) is 2.57. The van der Waals surface area contributed by atoms with Gasteiger partial charge in [0.2, 0.25) is 5.88 Å². The maximum atomic E-state index is 12.1. The molecule has 9 heteroatoms. The van der Waals surface area contributed by atoms with E-state index in [0.717, 1.165) is 0 Å². The van der Waals surface area contributed by atoms with Crippen molar-refractivity contribution in [3.63, 3.8) is 0 Å². The fraction of sp³-hybridized carbons (Fsp3) is 0.231. The molecule has 0 fully saturated rings. The van der Waals surface area contributed by atoms with Crippen molar-refractivity contribution in [2.75, 3.05) is 6.61 Å². The molecule has 0 aliphatic rings. The van der Waals surface area contributed by atoms with E-state index >= 15 is 0 Å². The second-order valence-electron chi connectivity index (χ2n) is 4.18. The van der Waals surface area contributed by atoms with Crippen LogP contribution in [0.2, 0.25) is 0 Å². The number of amides is 1. The summed E-state index contributed by atoms with van der Waals surface area (Å²) in [5.74, 6) is -0.605. The van der Waals surface area contributed by atoms with Crippen LogP contribution in [0.25, 0.3) is 0 Å². The molecular weight excluding hydrogens is 301 g/mol. The molecule has 0 saturated carbocycles. The number of ether oxygens (including phenoxy) is 1. The van der Waals surface area contributed by atoms with Crippen LogP contribution in [-0.2, 0) is 6.54 Å². The molecule has 0 saturated heterocycles. The van der Waals surface area contributed by atoms with E-state index in [-0.39, 0.29) is 18.1 Å². The maximum Gasteiger partial charge on any atom is 0.422 e. The molecule has 6 nitrogen and oxygen atoms in total. The molecule has 1 amide bonds. The number of carbonyl (C=O) groups excluding carboxylic acids is 1. The smallest absolute Gasteiger partial charge is 0.422 e. The van der Waals surface area contributed by atoms with E-state index in [0.29, 0.717) is 5.56 Å². The molecule has 0 radical (unpaired) electrons. The highest BCUT2D eigenvalue weighted by Gasteiger charge is 2.28. The third kappa shape index (κ3) is 5.00. The third-order valence-electron chi connectivity index (χ3n) is 2.43. The van der Waals surface area contributed by atoms with Gasteiger partial charge in [0.1, 0.15) is 5.69 Å². The van der Waals surface area contributed by atoms with Crippen molar-refractivity contribution < 1.29 is 22.7 Å². The number of hydrogen-bond acceptors (Lipinski definition) is 5. The fourth-order valence-corrected chi connectivity index (χ4v) is 1.48. The van der Waals surface area contributed by atoms with Crippen LogP contribution >= 0.6 is 0 Å². The highest BCUT2D eigenvalue weighted by atomic mass is 19.4. The van der Waals surface area contributed by atoms with Gasteiger partial charge in [0.15, 0.2) is 6.61 Å². The van der Waals surface area contributed by atoms with Crippen LogP contribution in [0.4, 0.5) is 13.2 Å². The topological polar surface area (TPSA) is 77.0 Å². The number of aromatic nitrogens is 3. The lowest BCUT2D eigenvalue weighted by atomic mass is 10.2. The van der Waals surface area contributed by atoms with Crippen LogP contribution in [-0.4, -0.2) is 33.6 Å². The van der Waals surface area contributed by atoms with Gasteiger partial charge in [-0.15, -0.1) is 0 Å². The van der Waals surface area contributed by atoms with Gasteiger partial charge < -0.3 is 10.1 Å². The van der Waals surface area contributed by atoms with Crippen molar-refractivity contribution in [2.45, 2.75) is 12.7 Å². The predicted molar refractivity (Wildman–Crippen MR) is 69.0 cm³/mol. The van der Waals surface area contributed by atoms with Gasteiger partial charge in [-0.2, -0.15) is 13.2 Å². The molecule has 0 spiro atoms. The summed E-state index contributed by atoms with van der Waals surface area (Å²) in [6.07, 6.45) is 0.988. The average Bonchev–Trinajstić information content (AvgIpc) is 2.51. The standard InChI is InChI=1S/C13H11F3N4O2/c14-13(15,16)8-22-11-5-9(1-2-19-11)6-20-12(21)10-7-17-3-4-18-10/h1-5,7H,6,8H2,(H,20,21). The molecule has 0 aliphatic heterocycles. The Bertz CT molecular complexity index is 635. The summed E-state index contributed by atoms with van der Waals surface area (Å²) in [6.45, 7) is -1.32. The molecule has 0 atom stereocenters. The van der Waals surface area contributed by atoms with Crippen molar-refractivity contribution in [3.05, 3.63) is 48.2 Å². The van der Waals surface area contributed by atoms with Gasteiger partial charge in [0.25, 0.3) is 5.91 Å². The van der Waals surface area contributed by atoms with Gasteiger partial charge in [0, 0.05) is 31.2 Å². The molecule has 0 bridgehead atoms. The van der Waals surface area contributed by atoms with Crippen molar-refractivity contribution in [3.8, 4) is 5.88 Å². The molecular formula is C13H11F3N4O2. The first-order valence-electron chi connectivity index (χ1n) is 6.13. The van der Waals surface area contributed by atoms with E-state index in [1.807, 2.05) is 0 Å². The normalized spacial score (nSPS) is 11.0. The van der Waals surface area contributed by atoms with E-state index in [1.54, 1.807) is 6.07 Å². The fourth-order valence-electron chi connectivity index (χ4n) is 1.48. The highest BCUT2D eigenvalue weighted by Crippen LogP contribution is 2.17. The summed E-state index contributed by atoms with van der Waals surface area (Å²) in [7, 11) is 0. The monoisotopic (exact) mass is 312 g/mol. The van der Waals surface area contributed by atoms with E-state index in [1.165, 1.54) is 30.9 Å². The number of pyridine rings is 1. The lowest BCUT2D eigenvalue weighted by Gasteiger charge is -2.09. The largest absolute Gasteiger partial charge is 0.468 e. The molecule has 0 aromatic carbocycles. The number of nitrogens with zero attached hydrogens (tertiary/aromatic N) is 3. The van der Waals surface area contributed by atoms with E-state index < -0.39 is 18.7 Å². The molecule has 116 valence electrons. The van der Waals surface area contributed by atoms with E-state index in [9.17, 15) is 18.0 Å². The Morgan fingerprint density at radius 3 is 2.73 bits per heavy atom. The van der Waals surface area contributed by atoms with Crippen LogP contribution in [0.3, 0.4) is 0 Å². The third-order valence-corrected chi connectivity index (χ3v) is 2.43. The Hall–Kier alpha value is -2.71. The lowest BCUT2D eigenvalue weighted by Crippen LogP contribution is -2.24. The predicted octanol–water partition coefficient (Wildman–Crippen LogP) is 1.74. The van der Waals surface area contributed by atoms with Crippen molar-refractivity contribution in [1.82, 2.24) is 20.3 Å².